The van der Waals surface area contributed by atoms with Crippen LogP contribution in [0.15, 0.2) is 27.8 Å². The summed E-state index contributed by atoms with van der Waals surface area (Å²) in [7, 11) is 3.07. The average molecular weight is 380 g/mol. The number of carbonyl (C=O) groups excluding carboxylic acids is 2. The molecule has 2 aromatic rings. The molecule has 1 heterocycles. The van der Waals surface area contributed by atoms with E-state index in [4.69, 9.17) is 19.6 Å². The molecule has 0 fully saturated rings. The van der Waals surface area contributed by atoms with Crippen LogP contribution in [-0.4, -0.2) is 41.6 Å². The average Bonchev–Trinajstić information content (AvgIpc) is 3.06. The number of imide groups is 1. The molecule has 1 aromatic heterocycles. The van der Waals surface area contributed by atoms with E-state index in [0.29, 0.717) is 17.1 Å². The molecule has 0 aliphatic rings. The molecular weight excluding hydrogens is 360 g/mol. The second kappa shape index (κ2) is 8.56. The van der Waals surface area contributed by atoms with Gasteiger partial charge >= 0.3 is 6.03 Å². The van der Waals surface area contributed by atoms with Crippen LogP contribution in [-0.2, 0) is 4.79 Å². The molecule has 26 heavy (non-hydrogen) atoms. The van der Waals surface area contributed by atoms with Crippen molar-refractivity contribution < 1.29 is 23.5 Å². The summed E-state index contributed by atoms with van der Waals surface area (Å²) in [6.07, 6.45) is 0. The third-order valence-corrected chi connectivity index (χ3v) is 4.75. The third kappa shape index (κ3) is 4.66. The number of urea groups is 1. The second-order valence-corrected chi connectivity index (χ2v) is 6.67. The lowest BCUT2D eigenvalue weighted by atomic mass is 10.1. The monoisotopic (exact) mass is 380 g/mol. The van der Waals surface area contributed by atoms with Crippen LogP contribution in [0.2, 0.25) is 0 Å². The number of nitrogens with one attached hydrogen (secondary N) is 1. The standard InChI is InChI=1S/C16H20N4O5S/c1-8(2)12(13(21)18-15(17)22)26-16-20-19-14(25-16)9-5-6-10(23-3)11(7-9)24-4/h5-8,12H,1-4H3,(H3,17,18,21,22)/t12-/m1/s1. The molecule has 1 aromatic carbocycles. The van der Waals surface area contributed by atoms with Gasteiger partial charge in [0.15, 0.2) is 11.5 Å². The maximum Gasteiger partial charge on any atom is 0.318 e. The van der Waals surface area contributed by atoms with E-state index in [1.54, 1.807) is 25.3 Å². The molecule has 3 amide bonds. The Bertz CT molecular complexity index is 793. The van der Waals surface area contributed by atoms with Gasteiger partial charge in [0.2, 0.25) is 11.8 Å². The maximum absolute atomic E-state index is 12.1. The number of amides is 3. The molecule has 3 N–H and O–H groups in total. The number of benzene rings is 1. The first kappa shape index (κ1) is 19.6. The summed E-state index contributed by atoms with van der Waals surface area (Å²) in [6.45, 7) is 3.67. The first-order valence-corrected chi connectivity index (χ1v) is 8.56. The summed E-state index contributed by atoms with van der Waals surface area (Å²) in [5.74, 6) is 0.775. The van der Waals surface area contributed by atoms with Gasteiger partial charge in [-0.25, -0.2) is 4.79 Å². The Morgan fingerprint density at radius 1 is 1.19 bits per heavy atom. The van der Waals surface area contributed by atoms with Gasteiger partial charge in [-0.2, -0.15) is 0 Å². The lowest BCUT2D eigenvalue weighted by molar-refractivity contribution is -0.120. The van der Waals surface area contributed by atoms with Gasteiger partial charge in [0.1, 0.15) is 0 Å². The molecule has 2 rings (SSSR count). The number of nitrogens with zero attached hydrogens (tertiary/aromatic N) is 2. The number of ether oxygens (including phenoxy) is 2. The number of thioether (sulfide) groups is 1. The van der Waals surface area contributed by atoms with Crippen molar-refractivity contribution >= 4 is 23.7 Å². The highest BCUT2D eigenvalue weighted by molar-refractivity contribution is 8.00. The van der Waals surface area contributed by atoms with Gasteiger partial charge in [0.05, 0.1) is 19.5 Å². The number of aromatic nitrogens is 2. The second-order valence-electron chi connectivity index (χ2n) is 5.58. The van der Waals surface area contributed by atoms with Crippen molar-refractivity contribution in [2.24, 2.45) is 11.7 Å². The minimum Gasteiger partial charge on any atom is -0.493 e. The quantitative estimate of drug-likeness (QED) is 0.698. The lowest BCUT2D eigenvalue weighted by Gasteiger charge is -2.16. The Morgan fingerprint density at radius 2 is 1.88 bits per heavy atom. The van der Waals surface area contributed by atoms with Crippen LogP contribution in [0.3, 0.4) is 0 Å². The van der Waals surface area contributed by atoms with Crippen molar-refractivity contribution in [3.63, 3.8) is 0 Å². The predicted octanol–water partition coefficient (Wildman–Crippen LogP) is 2.07. The molecule has 10 heteroatoms. The zero-order valence-electron chi connectivity index (χ0n) is 14.8. The number of carbonyl (C=O) groups is 2. The summed E-state index contributed by atoms with van der Waals surface area (Å²) < 4.78 is 16.1. The number of methoxy groups -OCH3 is 2. The number of rotatable bonds is 7. The summed E-state index contributed by atoms with van der Waals surface area (Å²) >= 11 is 1.06. The molecule has 140 valence electrons. The van der Waals surface area contributed by atoms with Crippen molar-refractivity contribution in [3.05, 3.63) is 18.2 Å². The molecule has 9 nitrogen and oxygen atoms in total. The summed E-state index contributed by atoms with van der Waals surface area (Å²) in [5, 5.41) is 9.61. The number of hydrogen-bond donors (Lipinski definition) is 2. The van der Waals surface area contributed by atoms with E-state index in [1.807, 2.05) is 13.8 Å². The molecule has 0 saturated carbocycles. The SMILES string of the molecule is COc1ccc(-c2nnc(S[C@@H](C(=O)NC(N)=O)C(C)C)o2)cc1OC. The fraction of sp³-hybridized carbons (Fsp3) is 0.375. The van der Waals surface area contributed by atoms with Crippen LogP contribution in [0.25, 0.3) is 11.5 Å². The molecule has 0 radical (unpaired) electrons. The van der Waals surface area contributed by atoms with Gasteiger partial charge in [-0.3, -0.25) is 10.1 Å². The summed E-state index contributed by atoms with van der Waals surface area (Å²) in [4.78, 5) is 23.0. The molecule has 0 aliphatic heterocycles. The highest BCUT2D eigenvalue weighted by Crippen LogP contribution is 2.34. The fourth-order valence-corrected chi connectivity index (χ4v) is 3.01. The summed E-state index contributed by atoms with van der Waals surface area (Å²) in [6, 6.07) is 4.28. The van der Waals surface area contributed by atoms with Crippen LogP contribution in [0.4, 0.5) is 4.79 Å². The fourth-order valence-electron chi connectivity index (χ4n) is 2.14. The Balaban J connectivity index is 2.20. The van der Waals surface area contributed by atoms with Crippen molar-refractivity contribution in [2.45, 2.75) is 24.3 Å². The van der Waals surface area contributed by atoms with E-state index in [0.717, 1.165) is 11.8 Å². The number of hydrogen-bond acceptors (Lipinski definition) is 8. The molecule has 0 saturated heterocycles. The molecule has 1 atom stereocenters. The van der Waals surface area contributed by atoms with Crippen LogP contribution < -0.4 is 20.5 Å². The van der Waals surface area contributed by atoms with Crippen molar-refractivity contribution in [1.29, 1.82) is 0 Å². The van der Waals surface area contributed by atoms with Crippen LogP contribution in [0.5, 0.6) is 11.5 Å². The first-order chi connectivity index (χ1) is 12.3. The normalized spacial score (nSPS) is 11.9. The van der Waals surface area contributed by atoms with E-state index < -0.39 is 17.2 Å². The van der Waals surface area contributed by atoms with Gasteiger partial charge in [-0.1, -0.05) is 25.6 Å². The first-order valence-electron chi connectivity index (χ1n) is 7.68. The minimum atomic E-state index is -0.905. The lowest BCUT2D eigenvalue weighted by Crippen LogP contribution is -2.42. The minimum absolute atomic E-state index is 0.0872. The zero-order chi connectivity index (χ0) is 19.3. The highest BCUT2D eigenvalue weighted by atomic mass is 32.2. The third-order valence-electron chi connectivity index (χ3n) is 3.38. The Labute approximate surface area is 154 Å². The molecule has 0 bridgehead atoms. The largest absolute Gasteiger partial charge is 0.493 e. The van der Waals surface area contributed by atoms with Crippen molar-refractivity contribution in [1.82, 2.24) is 15.5 Å². The van der Waals surface area contributed by atoms with Gasteiger partial charge in [-0.05, 0) is 24.1 Å². The number of primary amides is 1. The van der Waals surface area contributed by atoms with Crippen molar-refractivity contribution in [2.75, 3.05) is 14.2 Å². The van der Waals surface area contributed by atoms with Crippen molar-refractivity contribution in [3.8, 4) is 23.0 Å². The Morgan fingerprint density at radius 3 is 2.46 bits per heavy atom. The Hall–Kier alpha value is -2.75. The molecular formula is C16H20N4O5S. The maximum atomic E-state index is 12.1. The van der Waals surface area contributed by atoms with Crippen LogP contribution in [0, 0.1) is 5.92 Å². The molecule has 0 spiro atoms. The predicted molar refractivity (Wildman–Crippen MR) is 95.0 cm³/mol. The van der Waals surface area contributed by atoms with Crippen LogP contribution in [0.1, 0.15) is 13.8 Å². The van der Waals surface area contributed by atoms with E-state index in [2.05, 4.69) is 15.5 Å². The number of nitrogens with two attached hydrogens (primary N) is 1. The topological polar surface area (TPSA) is 130 Å². The van der Waals surface area contributed by atoms with E-state index >= 15 is 0 Å². The van der Waals surface area contributed by atoms with E-state index in [1.165, 1.54) is 7.11 Å². The molecule has 0 unspecified atom stereocenters. The van der Waals surface area contributed by atoms with E-state index in [-0.39, 0.29) is 17.0 Å². The highest BCUT2D eigenvalue weighted by Gasteiger charge is 2.27. The van der Waals surface area contributed by atoms with Gasteiger partial charge in [0.25, 0.3) is 5.22 Å². The summed E-state index contributed by atoms with van der Waals surface area (Å²) in [5.41, 5.74) is 5.65. The van der Waals surface area contributed by atoms with E-state index in [9.17, 15) is 9.59 Å². The van der Waals surface area contributed by atoms with Gasteiger partial charge in [0, 0.05) is 5.56 Å². The molecule has 0 aliphatic carbocycles. The Kier molecular flexibility index (Phi) is 6.45. The smallest absolute Gasteiger partial charge is 0.318 e. The zero-order valence-corrected chi connectivity index (χ0v) is 15.6. The van der Waals surface area contributed by atoms with Crippen LogP contribution >= 0.6 is 11.8 Å². The van der Waals surface area contributed by atoms with Gasteiger partial charge < -0.3 is 19.6 Å². The van der Waals surface area contributed by atoms with Gasteiger partial charge in [-0.15, -0.1) is 10.2 Å².